The van der Waals surface area contributed by atoms with Crippen molar-refractivity contribution in [2.75, 3.05) is 26.4 Å². The summed E-state index contributed by atoms with van der Waals surface area (Å²) in [7, 11) is 0. The molecule has 4 aromatic rings. The Hall–Kier alpha value is -3.18. The zero-order valence-electron chi connectivity index (χ0n) is 27.7. The van der Waals surface area contributed by atoms with Crippen LogP contribution in [0.3, 0.4) is 0 Å². The summed E-state index contributed by atoms with van der Waals surface area (Å²) in [4.78, 5) is 31.8. The van der Waals surface area contributed by atoms with Gasteiger partial charge in [0.15, 0.2) is 12.6 Å². The Kier molecular flexibility index (Phi) is 13.5. The van der Waals surface area contributed by atoms with Crippen LogP contribution in [0.1, 0.15) is 74.1 Å². The van der Waals surface area contributed by atoms with Crippen LogP contribution in [0.15, 0.2) is 99.8 Å². The van der Waals surface area contributed by atoms with Gasteiger partial charge in [-0.05, 0) is 74.2 Å². The Morgan fingerprint density at radius 3 is 1.08 bits per heavy atom. The van der Waals surface area contributed by atoms with Crippen LogP contribution in [-0.2, 0) is 0 Å². The van der Waals surface area contributed by atoms with Crippen LogP contribution in [0.2, 0.25) is 0 Å². The minimum atomic E-state index is 0.497. The molecule has 0 radical (unpaired) electrons. The predicted octanol–water partition coefficient (Wildman–Crippen LogP) is 11.4. The number of benzene rings is 4. The molecular weight excluding hydrogens is 681 g/mol. The van der Waals surface area contributed by atoms with Crippen molar-refractivity contribution < 1.29 is 28.5 Å². The SMILES string of the molecule is CCCOc1c2cccc1Sc1c(C=O)ccc(c1OCCC)Sc1cccc(c1OCCC)Sc1c(C=O)ccc(c1OCCC)S2. The van der Waals surface area contributed by atoms with Gasteiger partial charge in [-0.15, -0.1) is 0 Å². The Labute approximate surface area is 300 Å². The van der Waals surface area contributed by atoms with E-state index in [-0.39, 0.29) is 0 Å². The van der Waals surface area contributed by atoms with Crippen molar-refractivity contribution in [2.45, 2.75) is 92.5 Å². The van der Waals surface area contributed by atoms with E-state index < -0.39 is 0 Å². The van der Waals surface area contributed by atoms with Crippen molar-refractivity contribution in [1.29, 1.82) is 0 Å². The van der Waals surface area contributed by atoms with E-state index in [4.69, 9.17) is 18.9 Å². The molecule has 0 fully saturated rings. The number of carbonyl (C=O) groups excluding carboxylic acids is 2. The molecule has 0 saturated heterocycles. The monoisotopic (exact) mass is 720 g/mol. The minimum Gasteiger partial charge on any atom is -0.491 e. The van der Waals surface area contributed by atoms with E-state index >= 15 is 0 Å². The molecule has 1 heterocycles. The second-order valence-corrected chi connectivity index (χ2v) is 15.1. The number of rotatable bonds is 14. The average molecular weight is 721 g/mol. The third kappa shape index (κ3) is 8.33. The standard InChI is InChI=1S/C38H40O6S4/c1-5-19-41-33-27-11-9-13-29(33)47-37-25(23-39)16-18-32(36(37)44-22-8-4)46-28-12-10-14-30(34(28)42-20-6-2)48-38-26(24-40)15-17-31(45-27)35(38)43-21-7-3/h9-18,23-24H,5-8,19-22H2,1-4H3. The van der Waals surface area contributed by atoms with Crippen molar-refractivity contribution >= 4 is 59.6 Å². The number of carbonyl (C=O) groups is 2. The first-order valence-corrected chi connectivity index (χ1v) is 19.6. The summed E-state index contributed by atoms with van der Waals surface area (Å²) in [6.07, 6.45) is 5.07. The quantitative estimate of drug-likeness (QED) is 0.104. The van der Waals surface area contributed by atoms with Gasteiger partial charge in [0.25, 0.3) is 0 Å². The van der Waals surface area contributed by atoms with E-state index in [0.29, 0.717) is 49.1 Å². The molecule has 1 aliphatic heterocycles. The van der Waals surface area contributed by atoms with E-state index in [0.717, 1.165) is 88.9 Å². The number of ether oxygens (including phenoxy) is 4. The van der Waals surface area contributed by atoms with Crippen LogP contribution in [0.25, 0.3) is 0 Å². The fourth-order valence-electron chi connectivity index (χ4n) is 4.82. The Balaban J connectivity index is 1.83. The molecular formula is C38H40O6S4. The highest BCUT2D eigenvalue weighted by Crippen LogP contribution is 2.54. The predicted molar refractivity (Wildman–Crippen MR) is 196 cm³/mol. The van der Waals surface area contributed by atoms with Crippen LogP contribution < -0.4 is 18.9 Å². The van der Waals surface area contributed by atoms with Gasteiger partial charge in [0.2, 0.25) is 0 Å². The van der Waals surface area contributed by atoms with Crippen molar-refractivity contribution in [2.24, 2.45) is 0 Å². The van der Waals surface area contributed by atoms with Crippen molar-refractivity contribution in [3.05, 3.63) is 71.8 Å². The van der Waals surface area contributed by atoms with Gasteiger partial charge in [-0.1, -0.05) is 86.9 Å². The maximum absolute atomic E-state index is 12.5. The lowest BCUT2D eigenvalue weighted by Gasteiger charge is -2.22. The fourth-order valence-corrected chi connectivity index (χ4v) is 9.40. The van der Waals surface area contributed by atoms with Crippen molar-refractivity contribution in [1.82, 2.24) is 0 Å². The van der Waals surface area contributed by atoms with E-state index in [2.05, 4.69) is 27.7 Å². The van der Waals surface area contributed by atoms with Crippen molar-refractivity contribution in [3.63, 3.8) is 0 Å². The highest BCUT2D eigenvalue weighted by Gasteiger charge is 2.25. The second kappa shape index (κ2) is 18.0. The van der Waals surface area contributed by atoms with E-state index in [1.54, 1.807) is 23.5 Å². The Morgan fingerprint density at radius 1 is 0.438 bits per heavy atom. The van der Waals surface area contributed by atoms with Gasteiger partial charge in [0, 0.05) is 11.1 Å². The molecule has 0 saturated carbocycles. The molecule has 10 heteroatoms. The number of fused-ring (bicyclic) bond motifs is 8. The molecule has 252 valence electrons. The summed E-state index contributed by atoms with van der Waals surface area (Å²) in [5, 5.41) is 0. The fraction of sp³-hybridized carbons (Fsp3) is 0.316. The van der Waals surface area contributed by atoms with Crippen LogP contribution in [0.4, 0.5) is 0 Å². The molecule has 0 aliphatic carbocycles. The summed E-state index contributed by atoms with van der Waals surface area (Å²) in [5.74, 6) is 2.78. The number of hydrogen-bond acceptors (Lipinski definition) is 10. The molecule has 0 N–H and O–H groups in total. The summed E-state index contributed by atoms with van der Waals surface area (Å²) in [5.41, 5.74) is 1.10. The summed E-state index contributed by atoms with van der Waals surface area (Å²) in [6, 6.07) is 19.7. The minimum absolute atomic E-state index is 0.497. The molecule has 6 nitrogen and oxygen atoms in total. The largest absolute Gasteiger partial charge is 0.491 e. The highest BCUT2D eigenvalue weighted by molar-refractivity contribution is 8.01. The summed E-state index contributed by atoms with van der Waals surface area (Å²) < 4.78 is 25.8. The zero-order chi connectivity index (χ0) is 33.9. The zero-order valence-corrected chi connectivity index (χ0v) is 30.9. The van der Waals surface area contributed by atoms with E-state index in [1.807, 2.05) is 60.7 Å². The lowest BCUT2D eigenvalue weighted by molar-refractivity contribution is 0.111. The lowest BCUT2D eigenvalue weighted by Crippen LogP contribution is -2.04. The van der Waals surface area contributed by atoms with Gasteiger partial charge in [-0.3, -0.25) is 9.59 Å². The van der Waals surface area contributed by atoms with E-state index in [9.17, 15) is 9.59 Å². The topological polar surface area (TPSA) is 71.1 Å². The summed E-state index contributed by atoms with van der Waals surface area (Å²) >= 11 is 6.04. The van der Waals surface area contributed by atoms with Crippen LogP contribution in [0.5, 0.6) is 23.0 Å². The van der Waals surface area contributed by atoms with Gasteiger partial charge >= 0.3 is 0 Å². The van der Waals surface area contributed by atoms with Crippen LogP contribution in [0, 0.1) is 0 Å². The number of hydrogen-bond donors (Lipinski definition) is 0. The normalized spacial score (nSPS) is 12.2. The first-order valence-electron chi connectivity index (χ1n) is 16.3. The second-order valence-electron chi connectivity index (χ2n) is 10.8. The molecule has 0 atom stereocenters. The van der Waals surface area contributed by atoms with Crippen LogP contribution >= 0.6 is 47.0 Å². The first-order chi connectivity index (χ1) is 23.6. The third-order valence-electron chi connectivity index (χ3n) is 7.02. The highest BCUT2D eigenvalue weighted by atomic mass is 32.2. The molecule has 0 unspecified atom stereocenters. The molecule has 1 aliphatic rings. The van der Waals surface area contributed by atoms with Gasteiger partial charge < -0.3 is 18.9 Å². The summed E-state index contributed by atoms with van der Waals surface area (Å²) in [6.45, 7) is 10.3. The number of para-hydroxylation sites is 2. The maximum Gasteiger partial charge on any atom is 0.151 e. The van der Waals surface area contributed by atoms with Gasteiger partial charge in [-0.25, -0.2) is 0 Å². The molecule has 0 aromatic heterocycles. The molecule has 0 amide bonds. The molecule has 5 rings (SSSR count). The molecule has 0 spiro atoms. The van der Waals surface area contributed by atoms with Gasteiger partial charge in [-0.2, -0.15) is 0 Å². The van der Waals surface area contributed by atoms with Gasteiger partial charge in [0.05, 0.1) is 65.6 Å². The van der Waals surface area contributed by atoms with Crippen molar-refractivity contribution in [3.8, 4) is 23.0 Å². The molecule has 4 aromatic carbocycles. The smallest absolute Gasteiger partial charge is 0.151 e. The first kappa shape index (κ1) is 36.1. The number of aldehydes is 2. The molecule has 8 bridgehead atoms. The Morgan fingerprint density at radius 2 is 0.750 bits per heavy atom. The third-order valence-corrected chi connectivity index (χ3v) is 11.5. The van der Waals surface area contributed by atoms with Gasteiger partial charge in [0.1, 0.15) is 23.0 Å². The lowest BCUT2D eigenvalue weighted by atomic mass is 10.2. The molecule has 48 heavy (non-hydrogen) atoms. The maximum atomic E-state index is 12.5. The van der Waals surface area contributed by atoms with E-state index in [1.165, 1.54) is 23.5 Å². The average Bonchev–Trinajstić information content (AvgIpc) is 3.10. The van der Waals surface area contributed by atoms with Crippen LogP contribution in [-0.4, -0.2) is 39.0 Å². The Bertz CT molecular complexity index is 1610.